The van der Waals surface area contributed by atoms with Gasteiger partial charge in [0.15, 0.2) is 0 Å². The normalized spacial score (nSPS) is 26.3. The Morgan fingerprint density at radius 2 is 2.27 bits per heavy atom. The molecule has 0 aliphatic carbocycles. The molecular formula is C12H21NO2. The van der Waals surface area contributed by atoms with Gasteiger partial charge in [-0.15, -0.1) is 6.58 Å². The van der Waals surface area contributed by atoms with Gasteiger partial charge in [-0.1, -0.05) is 6.08 Å². The van der Waals surface area contributed by atoms with E-state index in [1.54, 1.807) is 0 Å². The van der Waals surface area contributed by atoms with Crippen molar-refractivity contribution in [3.05, 3.63) is 12.7 Å². The van der Waals surface area contributed by atoms with Gasteiger partial charge in [0.1, 0.15) is 11.6 Å². The maximum absolute atomic E-state index is 11.7. The quantitative estimate of drug-likeness (QED) is 0.572. The molecule has 3 heteroatoms. The molecular weight excluding hydrogens is 190 g/mol. The zero-order valence-corrected chi connectivity index (χ0v) is 9.88. The first-order valence-electron chi connectivity index (χ1n) is 5.49. The van der Waals surface area contributed by atoms with Gasteiger partial charge in [0.05, 0.1) is 0 Å². The van der Waals surface area contributed by atoms with E-state index in [0.717, 1.165) is 19.4 Å². The van der Waals surface area contributed by atoms with Gasteiger partial charge >= 0.3 is 5.97 Å². The summed E-state index contributed by atoms with van der Waals surface area (Å²) in [4.78, 5) is 11.7. The molecule has 1 saturated heterocycles. The Morgan fingerprint density at radius 3 is 2.80 bits per heavy atom. The van der Waals surface area contributed by atoms with Gasteiger partial charge in [0, 0.05) is 0 Å². The molecule has 0 radical (unpaired) electrons. The van der Waals surface area contributed by atoms with Crippen molar-refractivity contribution in [2.24, 2.45) is 5.92 Å². The molecule has 0 bridgehead atoms. The minimum atomic E-state index is -0.394. The lowest BCUT2D eigenvalue weighted by molar-refractivity contribution is -0.157. The molecule has 0 aromatic carbocycles. The highest BCUT2D eigenvalue weighted by Crippen LogP contribution is 2.20. The van der Waals surface area contributed by atoms with Crippen molar-refractivity contribution in [1.82, 2.24) is 5.32 Å². The molecule has 0 aromatic heterocycles. The van der Waals surface area contributed by atoms with E-state index in [4.69, 9.17) is 4.74 Å². The molecule has 3 nitrogen and oxygen atoms in total. The Bertz CT molecular complexity index is 242. The fourth-order valence-corrected chi connectivity index (χ4v) is 1.78. The summed E-state index contributed by atoms with van der Waals surface area (Å²) in [5, 5.41) is 3.19. The van der Waals surface area contributed by atoms with Gasteiger partial charge in [-0.05, 0) is 46.1 Å². The standard InChI is InChI=1S/C12H21NO2/c1-5-6-9-7-10(13-8-9)11(14)15-12(2,3)4/h5,9-10,13H,1,6-8H2,2-4H3/t9-,10-/m0/s1. The lowest BCUT2D eigenvalue weighted by atomic mass is 10.0. The van der Waals surface area contributed by atoms with Crippen LogP contribution in [-0.4, -0.2) is 24.2 Å². The molecule has 1 aliphatic rings. The van der Waals surface area contributed by atoms with Crippen LogP contribution in [0.3, 0.4) is 0 Å². The average molecular weight is 211 g/mol. The number of hydrogen-bond acceptors (Lipinski definition) is 3. The number of esters is 1. The third-order valence-corrected chi connectivity index (χ3v) is 2.41. The fraction of sp³-hybridized carbons (Fsp3) is 0.750. The lowest BCUT2D eigenvalue weighted by Gasteiger charge is -2.22. The highest BCUT2D eigenvalue weighted by molar-refractivity contribution is 5.76. The van der Waals surface area contributed by atoms with E-state index in [0.29, 0.717) is 5.92 Å². The monoisotopic (exact) mass is 211 g/mol. The summed E-state index contributed by atoms with van der Waals surface area (Å²) in [6, 6.07) is -0.130. The van der Waals surface area contributed by atoms with E-state index in [2.05, 4.69) is 11.9 Å². The summed E-state index contributed by atoms with van der Waals surface area (Å²) in [7, 11) is 0. The number of hydrogen-bond donors (Lipinski definition) is 1. The van der Waals surface area contributed by atoms with Crippen molar-refractivity contribution in [2.45, 2.75) is 45.3 Å². The molecule has 1 fully saturated rings. The molecule has 0 saturated carbocycles. The minimum absolute atomic E-state index is 0.130. The van der Waals surface area contributed by atoms with Crippen LogP contribution < -0.4 is 5.32 Å². The van der Waals surface area contributed by atoms with Crippen molar-refractivity contribution in [3.63, 3.8) is 0 Å². The second-order valence-electron chi connectivity index (χ2n) is 5.12. The molecule has 86 valence electrons. The number of carbonyl (C=O) groups excluding carboxylic acids is 1. The molecule has 15 heavy (non-hydrogen) atoms. The SMILES string of the molecule is C=CC[C@@H]1CN[C@H](C(=O)OC(C)(C)C)C1. The van der Waals surface area contributed by atoms with Crippen molar-refractivity contribution in [2.75, 3.05) is 6.54 Å². The number of nitrogens with one attached hydrogen (secondary N) is 1. The highest BCUT2D eigenvalue weighted by Gasteiger charge is 2.31. The van der Waals surface area contributed by atoms with Gasteiger partial charge < -0.3 is 10.1 Å². The van der Waals surface area contributed by atoms with Crippen LogP contribution in [-0.2, 0) is 9.53 Å². The third kappa shape index (κ3) is 4.04. The molecule has 0 unspecified atom stereocenters. The van der Waals surface area contributed by atoms with Crippen LogP contribution >= 0.6 is 0 Å². The molecule has 0 aromatic rings. The Hall–Kier alpha value is -0.830. The third-order valence-electron chi connectivity index (χ3n) is 2.41. The zero-order valence-electron chi connectivity index (χ0n) is 9.88. The van der Waals surface area contributed by atoms with Crippen LogP contribution in [0, 0.1) is 5.92 Å². The van der Waals surface area contributed by atoms with Gasteiger partial charge in [-0.25, -0.2) is 0 Å². The second-order valence-corrected chi connectivity index (χ2v) is 5.12. The van der Waals surface area contributed by atoms with E-state index >= 15 is 0 Å². The van der Waals surface area contributed by atoms with Crippen LogP contribution in [0.25, 0.3) is 0 Å². The predicted molar refractivity (Wildman–Crippen MR) is 60.6 cm³/mol. The molecule has 1 rings (SSSR count). The summed E-state index contributed by atoms with van der Waals surface area (Å²) in [6.07, 6.45) is 3.73. The molecule has 0 spiro atoms. The zero-order chi connectivity index (χ0) is 11.5. The van der Waals surface area contributed by atoms with E-state index < -0.39 is 5.60 Å². The minimum Gasteiger partial charge on any atom is -0.459 e. The Balaban J connectivity index is 2.40. The van der Waals surface area contributed by atoms with Crippen molar-refractivity contribution >= 4 is 5.97 Å². The first-order chi connectivity index (χ1) is 6.92. The Labute approximate surface area is 91.9 Å². The first kappa shape index (κ1) is 12.2. The van der Waals surface area contributed by atoms with Gasteiger partial charge in [-0.2, -0.15) is 0 Å². The van der Waals surface area contributed by atoms with Crippen LogP contribution in [0.5, 0.6) is 0 Å². The summed E-state index contributed by atoms with van der Waals surface area (Å²) in [5.41, 5.74) is -0.394. The van der Waals surface area contributed by atoms with Crippen molar-refractivity contribution < 1.29 is 9.53 Å². The second kappa shape index (κ2) is 4.79. The van der Waals surface area contributed by atoms with Crippen LogP contribution in [0.2, 0.25) is 0 Å². The Kier molecular flexibility index (Phi) is 3.91. The number of carbonyl (C=O) groups is 1. The number of allylic oxidation sites excluding steroid dienone is 1. The van der Waals surface area contributed by atoms with Crippen LogP contribution in [0.15, 0.2) is 12.7 Å². The first-order valence-corrected chi connectivity index (χ1v) is 5.49. The van der Waals surface area contributed by atoms with Crippen molar-refractivity contribution in [3.8, 4) is 0 Å². The fourth-order valence-electron chi connectivity index (χ4n) is 1.78. The van der Waals surface area contributed by atoms with Gasteiger partial charge in [0.2, 0.25) is 0 Å². The Morgan fingerprint density at radius 1 is 1.60 bits per heavy atom. The molecule has 1 aliphatic heterocycles. The van der Waals surface area contributed by atoms with Gasteiger partial charge in [-0.3, -0.25) is 4.79 Å². The molecule has 2 atom stereocenters. The smallest absolute Gasteiger partial charge is 0.323 e. The molecule has 0 amide bonds. The average Bonchev–Trinajstić information content (AvgIpc) is 2.50. The van der Waals surface area contributed by atoms with E-state index in [9.17, 15) is 4.79 Å². The topological polar surface area (TPSA) is 38.3 Å². The van der Waals surface area contributed by atoms with Crippen molar-refractivity contribution in [1.29, 1.82) is 0 Å². The van der Waals surface area contributed by atoms with E-state index in [1.165, 1.54) is 0 Å². The molecule has 1 N–H and O–H groups in total. The van der Waals surface area contributed by atoms with E-state index in [1.807, 2.05) is 26.8 Å². The summed E-state index contributed by atoms with van der Waals surface area (Å²) < 4.78 is 5.32. The summed E-state index contributed by atoms with van der Waals surface area (Å²) in [5.74, 6) is 0.397. The largest absolute Gasteiger partial charge is 0.459 e. The maximum atomic E-state index is 11.7. The van der Waals surface area contributed by atoms with Gasteiger partial charge in [0.25, 0.3) is 0 Å². The summed E-state index contributed by atoms with van der Waals surface area (Å²) in [6.45, 7) is 10.3. The van der Waals surface area contributed by atoms with Crippen LogP contribution in [0.1, 0.15) is 33.6 Å². The van der Waals surface area contributed by atoms with E-state index in [-0.39, 0.29) is 12.0 Å². The summed E-state index contributed by atoms with van der Waals surface area (Å²) >= 11 is 0. The maximum Gasteiger partial charge on any atom is 0.323 e. The highest BCUT2D eigenvalue weighted by atomic mass is 16.6. The predicted octanol–water partition coefficient (Wildman–Crippen LogP) is 1.88. The molecule has 1 heterocycles. The lowest BCUT2D eigenvalue weighted by Crippen LogP contribution is -2.37. The number of rotatable bonds is 3. The van der Waals surface area contributed by atoms with Crippen LogP contribution in [0.4, 0.5) is 0 Å². The number of ether oxygens (including phenoxy) is 1.